The van der Waals surface area contributed by atoms with Gasteiger partial charge in [-0.05, 0) is 12.8 Å². The van der Waals surface area contributed by atoms with Crippen molar-refractivity contribution in [2.45, 2.75) is 25.2 Å². The molecule has 110 valence electrons. The van der Waals surface area contributed by atoms with Crippen molar-refractivity contribution < 1.29 is 18.7 Å². The molecule has 0 amide bonds. The first kappa shape index (κ1) is 14.4. The van der Waals surface area contributed by atoms with E-state index in [1.54, 1.807) is 0 Å². The Bertz CT molecular complexity index is 562. The number of nitrogens with two attached hydrogens (primary N) is 2. The van der Waals surface area contributed by atoms with E-state index in [4.69, 9.17) is 20.9 Å². The van der Waals surface area contributed by atoms with Crippen LogP contribution in [0.2, 0.25) is 0 Å². The molecule has 4 N–H and O–H groups in total. The van der Waals surface area contributed by atoms with Crippen molar-refractivity contribution >= 4 is 11.8 Å². The van der Waals surface area contributed by atoms with Crippen LogP contribution >= 0.6 is 0 Å². The highest BCUT2D eigenvalue weighted by Crippen LogP contribution is 2.27. The Kier molecular flexibility index (Phi) is 4.30. The van der Waals surface area contributed by atoms with Crippen LogP contribution in [0.25, 0.3) is 0 Å². The average Bonchev–Trinajstić information content (AvgIpc) is 2.88. The molecular weight excluding hydrogens is 271 g/mol. The molecule has 0 aliphatic carbocycles. The summed E-state index contributed by atoms with van der Waals surface area (Å²) in [5.41, 5.74) is 9.62. The number of esters is 1. The third-order valence-electron chi connectivity index (χ3n) is 2.93. The van der Waals surface area contributed by atoms with Gasteiger partial charge < -0.3 is 20.9 Å². The first-order valence-electron chi connectivity index (χ1n) is 6.06. The summed E-state index contributed by atoms with van der Waals surface area (Å²) in [6.45, 7) is -0.158. The Morgan fingerprint density at radius 2 is 2.35 bits per heavy atom. The van der Waals surface area contributed by atoms with Gasteiger partial charge in [0.1, 0.15) is 12.8 Å². The molecule has 2 atom stereocenters. The number of carbonyl (C=O) groups excluding carboxylic acids is 1. The maximum Gasteiger partial charge on any atom is 0.351 e. The fourth-order valence-corrected chi connectivity index (χ4v) is 1.92. The topological polar surface area (TPSA) is 122 Å². The number of ether oxygens (including phenoxy) is 2. The Hall–Kier alpha value is -2.00. The van der Waals surface area contributed by atoms with E-state index in [1.165, 1.54) is 0 Å². The zero-order valence-corrected chi connectivity index (χ0v) is 10.6. The molecule has 2 unspecified atom stereocenters. The van der Waals surface area contributed by atoms with Crippen molar-refractivity contribution in [3.8, 4) is 0 Å². The second kappa shape index (κ2) is 5.97. The molecule has 0 bridgehead atoms. The van der Waals surface area contributed by atoms with Crippen LogP contribution in [0.15, 0.2) is 11.0 Å². The van der Waals surface area contributed by atoms with Gasteiger partial charge in [0.25, 0.3) is 0 Å². The fraction of sp³-hybridized carbons (Fsp3) is 0.545. The van der Waals surface area contributed by atoms with Crippen molar-refractivity contribution in [2.75, 3.05) is 18.9 Å². The summed E-state index contributed by atoms with van der Waals surface area (Å²) in [6.07, 6.45) is 1.01. The lowest BCUT2D eigenvalue weighted by Crippen LogP contribution is -2.29. The van der Waals surface area contributed by atoms with E-state index in [2.05, 4.69) is 4.98 Å². The Morgan fingerprint density at radius 3 is 3.05 bits per heavy atom. The molecule has 0 radical (unpaired) electrons. The number of aromatic nitrogens is 2. The van der Waals surface area contributed by atoms with Gasteiger partial charge in [0.15, 0.2) is 11.6 Å². The Balaban J connectivity index is 2.01. The molecule has 1 aliphatic heterocycles. The number of nitrogen functional groups attached to an aromatic ring is 1. The summed E-state index contributed by atoms with van der Waals surface area (Å²) in [6, 6.07) is 0. The predicted octanol–water partition coefficient (Wildman–Crippen LogP) is -0.856. The maximum atomic E-state index is 13.3. The van der Waals surface area contributed by atoms with Crippen molar-refractivity contribution in [1.82, 2.24) is 9.55 Å². The molecule has 1 saturated heterocycles. The molecular formula is C11H15FN4O4. The molecule has 1 aliphatic rings. The van der Waals surface area contributed by atoms with Crippen LogP contribution in [0, 0.1) is 5.82 Å². The minimum atomic E-state index is -0.786. The van der Waals surface area contributed by atoms with Crippen LogP contribution in [0.4, 0.5) is 10.2 Å². The van der Waals surface area contributed by atoms with E-state index in [0.717, 1.165) is 10.8 Å². The van der Waals surface area contributed by atoms with Gasteiger partial charge in [0.2, 0.25) is 0 Å². The monoisotopic (exact) mass is 286 g/mol. The molecule has 2 heterocycles. The molecule has 9 heteroatoms. The Morgan fingerprint density at radius 1 is 1.60 bits per heavy atom. The predicted molar refractivity (Wildman–Crippen MR) is 66.0 cm³/mol. The smallest absolute Gasteiger partial charge is 0.351 e. The van der Waals surface area contributed by atoms with Crippen LogP contribution in [0.3, 0.4) is 0 Å². The van der Waals surface area contributed by atoms with Gasteiger partial charge >= 0.3 is 11.7 Å². The van der Waals surface area contributed by atoms with E-state index in [-0.39, 0.29) is 19.3 Å². The zero-order chi connectivity index (χ0) is 14.7. The number of nitrogens with zero attached hydrogens (tertiary/aromatic N) is 2. The highest BCUT2D eigenvalue weighted by Gasteiger charge is 2.28. The second-order valence-electron chi connectivity index (χ2n) is 4.34. The summed E-state index contributed by atoms with van der Waals surface area (Å²) >= 11 is 0. The number of hydrogen-bond donors (Lipinski definition) is 2. The average molecular weight is 286 g/mol. The van der Waals surface area contributed by atoms with Crippen LogP contribution in [0.1, 0.15) is 19.1 Å². The first-order chi connectivity index (χ1) is 9.51. The summed E-state index contributed by atoms with van der Waals surface area (Å²) < 4.78 is 24.7. The molecule has 1 aromatic rings. The van der Waals surface area contributed by atoms with Crippen molar-refractivity contribution in [1.29, 1.82) is 0 Å². The summed E-state index contributed by atoms with van der Waals surface area (Å²) in [7, 11) is 0. The summed E-state index contributed by atoms with van der Waals surface area (Å²) in [5.74, 6) is -1.77. The van der Waals surface area contributed by atoms with Crippen molar-refractivity contribution in [3.63, 3.8) is 0 Å². The van der Waals surface area contributed by atoms with Crippen LogP contribution in [0.5, 0.6) is 0 Å². The Labute approximate surface area is 113 Å². The third-order valence-corrected chi connectivity index (χ3v) is 2.93. The highest BCUT2D eigenvalue weighted by molar-refractivity contribution is 5.71. The number of rotatable bonds is 4. The van der Waals surface area contributed by atoms with Gasteiger partial charge in [-0.3, -0.25) is 9.36 Å². The molecule has 0 aromatic carbocycles. The quantitative estimate of drug-likeness (QED) is 0.691. The zero-order valence-electron chi connectivity index (χ0n) is 10.6. The molecule has 0 spiro atoms. The summed E-state index contributed by atoms with van der Waals surface area (Å²) in [4.78, 5) is 25.9. The maximum absolute atomic E-state index is 13.3. The normalized spacial score (nSPS) is 21.9. The van der Waals surface area contributed by atoms with Crippen LogP contribution in [-0.4, -0.2) is 34.8 Å². The van der Waals surface area contributed by atoms with E-state index in [1.807, 2.05) is 0 Å². The standard InChI is InChI=1S/C11H15FN4O4/c12-7-4-16(11(18)15-10(7)14)8-2-1-6(20-8)5-19-9(17)3-13/h4,6,8H,1-3,5,13H2,(H2,14,15,18). The molecule has 1 aromatic heterocycles. The van der Waals surface area contributed by atoms with E-state index < -0.39 is 29.5 Å². The molecule has 2 rings (SSSR count). The minimum absolute atomic E-state index is 0.0478. The van der Waals surface area contributed by atoms with E-state index >= 15 is 0 Å². The lowest BCUT2D eigenvalue weighted by Gasteiger charge is -2.15. The summed E-state index contributed by atoms with van der Waals surface area (Å²) in [5, 5.41) is 0. The van der Waals surface area contributed by atoms with Gasteiger partial charge in [0.05, 0.1) is 18.8 Å². The molecule has 0 saturated carbocycles. The van der Waals surface area contributed by atoms with E-state index in [0.29, 0.717) is 12.8 Å². The van der Waals surface area contributed by atoms with Gasteiger partial charge in [-0.15, -0.1) is 0 Å². The lowest BCUT2D eigenvalue weighted by atomic mass is 10.2. The number of halogens is 1. The first-order valence-corrected chi connectivity index (χ1v) is 6.06. The fourth-order valence-electron chi connectivity index (χ4n) is 1.92. The third kappa shape index (κ3) is 3.11. The van der Waals surface area contributed by atoms with Gasteiger partial charge in [-0.25, -0.2) is 9.18 Å². The van der Waals surface area contributed by atoms with Gasteiger partial charge in [-0.2, -0.15) is 4.98 Å². The second-order valence-corrected chi connectivity index (χ2v) is 4.34. The molecule has 1 fully saturated rings. The SMILES string of the molecule is NCC(=O)OCC1CCC(n2cc(F)c(N)nc2=O)O1. The molecule has 8 nitrogen and oxygen atoms in total. The van der Waals surface area contributed by atoms with Crippen molar-refractivity contribution in [3.05, 3.63) is 22.5 Å². The number of anilines is 1. The number of carbonyl (C=O) groups is 1. The van der Waals surface area contributed by atoms with Crippen LogP contribution < -0.4 is 17.2 Å². The van der Waals surface area contributed by atoms with Gasteiger partial charge in [0, 0.05) is 0 Å². The number of hydrogen-bond acceptors (Lipinski definition) is 7. The molecule has 20 heavy (non-hydrogen) atoms. The van der Waals surface area contributed by atoms with Crippen LogP contribution in [-0.2, 0) is 14.3 Å². The minimum Gasteiger partial charge on any atom is -0.462 e. The van der Waals surface area contributed by atoms with Crippen molar-refractivity contribution in [2.24, 2.45) is 5.73 Å². The van der Waals surface area contributed by atoms with Gasteiger partial charge in [-0.1, -0.05) is 0 Å². The highest BCUT2D eigenvalue weighted by atomic mass is 19.1. The lowest BCUT2D eigenvalue weighted by molar-refractivity contribution is -0.146. The largest absolute Gasteiger partial charge is 0.462 e. The van der Waals surface area contributed by atoms with E-state index in [9.17, 15) is 14.0 Å².